The fraction of sp³-hybridized carbons (Fsp3) is 0.263. The van der Waals surface area contributed by atoms with Crippen LogP contribution in [0, 0.1) is 0 Å². The lowest BCUT2D eigenvalue weighted by molar-refractivity contribution is 0.0523. The van der Waals surface area contributed by atoms with Crippen molar-refractivity contribution in [3.63, 3.8) is 0 Å². The van der Waals surface area contributed by atoms with E-state index in [-0.39, 0.29) is 0 Å². The van der Waals surface area contributed by atoms with Crippen LogP contribution in [0.3, 0.4) is 0 Å². The number of aromatic amines is 1. The van der Waals surface area contributed by atoms with Crippen LogP contribution in [-0.2, 0) is 11.3 Å². The number of hydrogen-bond acceptors (Lipinski definition) is 3. The number of fused-ring (bicyclic) bond motifs is 1. The molecule has 0 bridgehead atoms. The van der Waals surface area contributed by atoms with Crippen molar-refractivity contribution in [3.8, 4) is 11.4 Å². The molecule has 2 aromatic carbocycles. The molecule has 0 aliphatic rings. The van der Waals surface area contributed by atoms with Crippen molar-refractivity contribution in [3.05, 3.63) is 53.1 Å². The molecule has 0 atom stereocenters. The Morgan fingerprint density at radius 3 is 2.80 bits per heavy atom. The summed E-state index contributed by atoms with van der Waals surface area (Å²) < 4.78 is 5.24. The zero-order valence-corrected chi connectivity index (χ0v) is 15.1. The number of amides is 1. The lowest BCUT2D eigenvalue weighted by Crippen LogP contribution is -2.32. The molecule has 0 saturated carbocycles. The number of alkyl carbamates (subject to hydrolysis) is 1. The molecular weight excluding hydrogens is 338 g/mol. The first-order chi connectivity index (χ1) is 11.8. The van der Waals surface area contributed by atoms with Crippen LogP contribution in [0.15, 0.2) is 42.5 Å². The van der Waals surface area contributed by atoms with E-state index in [4.69, 9.17) is 16.3 Å². The van der Waals surface area contributed by atoms with E-state index < -0.39 is 11.7 Å². The van der Waals surface area contributed by atoms with Gasteiger partial charge in [0.15, 0.2) is 0 Å². The van der Waals surface area contributed by atoms with Gasteiger partial charge in [-0.3, -0.25) is 0 Å². The maximum atomic E-state index is 11.8. The van der Waals surface area contributed by atoms with Gasteiger partial charge >= 0.3 is 6.09 Å². The second-order valence-electron chi connectivity index (χ2n) is 6.80. The minimum absolute atomic E-state index is 0.384. The van der Waals surface area contributed by atoms with Crippen molar-refractivity contribution in [1.29, 1.82) is 0 Å². The van der Waals surface area contributed by atoms with Crippen molar-refractivity contribution >= 4 is 28.7 Å². The highest BCUT2D eigenvalue weighted by Gasteiger charge is 2.15. The predicted octanol–water partition coefficient (Wildman–Crippen LogP) is 4.91. The van der Waals surface area contributed by atoms with Crippen LogP contribution in [0.1, 0.15) is 26.3 Å². The molecule has 0 fully saturated rings. The van der Waals surface area contributed by atoms with Gasteiger partial charge in [-0.05, 0) is 50.6 Å². The normalized spacial score (nSPS) is 11.5. The third-order valence-electron chi connectivity index (χ3n) is 3.48. The van der Waals surface area contributed by atoms with E-state index >= 15 is 0 Å². The average molecular weight is 358 g/mol. The van der Waals surface area contributed by atoms with Gasteiger partial charge in [-0.2, -0.15) is 0 Å². The van der Waals surface area contributed by atoms with Gasteiger partial charge in [-0.15, -0.1) is 0 Å². The number of nitrogens with zero attached hydrogens (tertiary/aromatic N) is 1. The smallest absolute Gasteiger partial charge is 0.407 e. The topological polar surface area (TPSA) is 67.0 Å². The summed E-state index contributed by atoms with van der Waals surface area (Å²) in [5.41, 5.74) is 3.13. The van der Waals surface area contributed by atoms with Crippen LogP contribution >= 0.6 is 11.6 Å². The molecule has 0 aliphatic carbocycles. The second-order valence-corrected chi connectivity index (χ2v) is 7.24. The fourth-order valence-electron chi connectivity index (χ4n) is 2.43. The number of aromatic nitrogens is 2. The number of benzene rings is 2. The highest BCUT2D eigenvalue weighted by atomic mass is 35.5. The van der Waals surface area contributed by atoms with E-state index in [0.29, 0.717) is 11.6 Å². The Balaban J connectivity index is 1.75. The number of hydrogen-bond donors (Lipinski definition) is 2. The highest BCUT2D eigenvalue weighted by molar-refractivity contribution is 6.31. The minimum atomic E-state index is -0.512. The van der Waals surface area contributed by atoms with Crippen molar-refractivity contribution in [1.82, 2.24) is 15.3 Å². The third kappa shape index (κ3) is 4.51. The Morgan fingerprint density at radius 2 is 2.04 bits per heavy atom. The first kappa shape index (κ1) is 17.3. The molecular formula is C19H20ClN3O2. The van der Waals surface area contributed by atoms with Gasteiger partial charge in [-0.1, -0.05) is 29.8 Å². The summed E-state index contributed by atoms with van der Waals surface area (Å²) in [4.78, 5) is 19.6. The summed E-state index contributed by atoms with van der Waals surface area (Å²) in [7, 11) is 0. The van der Waals surface area contributed by atoms with E-state index in [0.717, 1.165) is 28.0 Å². The molecule has 2 N–H and O–H groups in total. The molecule has 0 unspecified atom stereocenters. The summed E-state index contributed by atoms with van der Waals surface area (Å²) in [6.07, 6.45) is -0.434. The van der Waals surface area contributed by atoms with E-state index in [1.807, 2.05) is 63.2 Å². The second kappa shape index (κ2) is 6.76. The van der Waals surface area contributed by atoms with Gasteiger partial charge in [0.2, 0.25) is 0 Å². The zero-order valence-electron chi connectivity index (χ0n) is 14.4. The van der Waals surface area contributed by atoms with Crippen LogP contribution in [-0.4, -0.2) is 21.7 Å². The van der Waals surface area contributed by atoms with E-state index in [9.17, 15) is 4.79 Å². The Bertz CT molecular complexity index is 912. The van der Waals surface area contributed by atoms with E-state index in [2.05, 4.69) is 15.3 Å². The van der Waals surface area contributed by atoms with Crippen molar-refractivity contribution in [2.24, 2.45) is 0 Å². The van der Waals surface area contributed by atoms with Gasteiger partial charge in [0.25, 0.3) is 0 Å². The Kier molecular flexibility index (Phi) is 4.68. The molecule has 0 aliphatic heterocycles. The Labute approximate surface area is 151 Å². The summed E-state index contributed by atoms with van der Waals surface area (Å²) >= 11 is 6.01. The number of halogens is 1. The number of carbonyl (C=O) groups is 1. The molecule has 130 valence electrons. The van der Waals surface area contributed by atoms with Gasteiger partial charge in [0.1, 0.15) is 11.4 Å². The number of carbonyl (C=O) groups excluding carboxylic acids is 1. The SMILES string of the molecule is CC(C)(C)OC(=O)NCc1cccc(-c2nc3cc(Cl)ccc3[nH]2)c1. The van der Waals surface area contributed by atoms with Gasteiger partial charge in [0.05, 0.1) is 11.0 Å². The van der Waals surface area contributed by atoms with Crippen LogP contribution in [0.2, 0.25) is 5.02 Å². The number of ether oxygens (including phenoxy) is 1. The van der Waals surface area contributed by atoms with E-state index in [1.165, 1.54) is 0 Å². The standard InChI is InChI=1S/C19H20ClN3O2/c1-19(2,3)25-18(24)21-11-12-5-4-6-13(9-12)17-22-15-8-7-14(20)10-16(15)23-17/h4-10H,11H2,1-3H3,(H,21,24)(H,22,23). The summed E-state index contributed by atoms with van der Waals surface area (Å²) in [6, 6.07) is 13.4. The molecule has 1 heterocycles. The Hall–Kier alpha value is -2.53. The molecule has 6 heteroatoms. The van der Waals surface area contributed by atoms with Crippen molar-refractivity contribution < 1.29 is 9.53 Å². The maximum Gasteiger partial charge on any atom is 0.407 e. The van der Waals surface area contributed by atoms with Crippen LogP contribution in [0.5, 0.6) is 0 Å². The number of imidazole rings is 1. The van der Waals surface area contributed by atoms with E-state index in [1.54, 1.807) is 0 Å². The lowest BCUT2D eigenvalue weighted by atomic mass is 10.1. The predicted molar refractivity (Wildman–Crippen MR) is 99.6 cm³/mol. The first-order valence-corrected chi connectivity index (χ1v) is 8.39. The average Bonchev–Trinajstić information content (AvgIpc) is 2.95. The van der Waals surface area contributed by atoms with Crippen LogP contribution in [0.4, 0.5) is 4.79 Å². The summed E-state index contributed by atoms with van der Waals surface area (Å²) in [5.74, 6) is 0.761. The third-order valence-corrected chi connectivity index (χ3v) is 3.72. The molecule has 0 radical (unpaired) electrons. The molecule has 1 amide bonds. The maximum absolute atomic E-state index is 11.8. The Morgan fingerprint density at radius 1 is 1.24 bits per heavy atom. The molecule has 25 heavy (non-hydrogen) atoms. The fourth-order valence-corrected chi connectivity index (χ4v) is 2.60. The largest absolute Gasteiger partial charge is 0.444 e. The van der Waals surface area contributed by atoms with Gasteiger partial charge in [0, 0.05) is 17.1 Å². The number of rotatable bonds is 3. The summed E-state index contributed by atoms with van der Waals surface area (Å²) in [5, 5.41) is 3.41. The summed E-state index contributed by atoms with van der Waals surface area (Å²) in [6.45, 7) is 5.89. The van der Waals surface area contributed by atoms with Gasteiger partial charge in [-0.25, -0.2) is 9.78 Å². The van der Waals surface area contributed by atoms with Crippen LogP contribution < -0.4 is 5.32 Å². The molecule has 0 saturated heterocycles. The van der Waals surface area contributed by atoms with Crippen LogP contribution in [0.25, 0.3) is 22.4 Å². The van der Waals surface area contributed by atoms with Gasteiger partial charge < -0.3 is 15.0 Å². The molecule has 5 nitrogen and oxygen atoms in total. The number of nitrogens with one attached hydrogen (secondary N) is 2. The monoisotopic (exact) mass is 357 g/mol. The highest BCUT2D eigenvalue weighted by Crippen LogP contribution is 2.23. The van der Waals surface area contributed by atoms with Crippen molar-refractivity contribution in [2.45, 2.75) is 32.9 Å². The molecule has 1 aromatic heterocycles. The van der Waals surface area contributed by atoms with Crippen molar-refractivity contribution in [2.75, 3.05) is 0 Å². The molecule has 0 spiro atoms. The first-order valence-electron chi connectivity index (χ1n) is 8.02. The zero-order chi connectivity index (χ0) is 18.0. The quantitative estimate of drug-likeness (QED) is 0.700. The number of H-pyrrole nitrogens is 1. The molecule has 3 aromatic rings. The minimum Gasteiger partial charge on any atom is -0.444 e. The lowest BCUT2D eigenvalue weighted by Gasteiger charge is -2.19. The molecule has 3 rings (SSSR count).